The van der Waals surface area contributed by atoms with Crippen molar-refractivity contribution >= 4 is 11.8 Å². The predicted octanol–water partition coefficient (Wildman–Crippen LogP) is 1.51. The van der Waals surface area contributed by atoms with E-state index in [9.17, 15) is 0 Å². The number of hydrogen-bond donors (Lipinski definition) is 0. The molecule has 0 saturated carbocycles. The van der Waals surface area contributed by atoms with Gasteiger partial charge < -0.3 is 0 Å². The third-order valence-electron chi connectivity index (χ3n) is 1.55. The van der Waals surface area contributed by atoms with E-state index in [1.807, 2.05) is 0 Å². The van der Waals surface area contributed by atoms with Crippen molar-refractivity contribution in [2.45, 2.75) is 25.0 Å². The quantitative estimate of drug-likeness (QED) is 0.573. The van der Waals surface area contributed by atoms with Gasteiger partial charge in [-0.05, 0) is 6.42 Å². The molecular formula is C7H14NS. The van der Waals surface area contributed by atoms with Gasteiger partial charge in [-0.25, -0.2) is 5.32 Å². The van der Waals surface area contributed by atoms with E-state index in [-0.39, 0.29) is 0 Å². The Morgan fingerprint density at radius 3 is 3.11 bits per heavy atom. The van der Waals surface area contributed by atoms with Crippen molar-refractivity contribution in [3.05, 3.63) is 0 Å². The lowest BCUT2D eigenvalue weighted by Crippen LogP contribution is -2.26. The van der Waals surface area contributed by atoms with Crippen LogP contribution in [0.25, 0.3) is 0 Å². The van der Waals surface area contributed by atoms with Gasteiger partial charge in [-0.2, -0.15) is 11.8 Å². The van der Waals surface area contributed by atoms with E-state index in [1.165, 1.54) is 18.6 Å². The minimum atomic E-state index is 0.851. The van der Waals surface area contributed by atoms with Crippen LogP contribution in [0.3, 0.4) is 0 Å². The van der Waals surface area contributed by atoms with E-state index >= 15 is 0 Å². The van der Waals surface area contributed by atoms with E-state index < -0.39 is 0 Å². The summed E-state index contributed by atoms with van der Waals surface area (Å²) in [6.07, 6.45) is 2.67. The highest BCUT2D eigenvalue weighted by molar-refractivity contribution is 8.00. The van der Waals surface area contributed by atoms with Gasteiger partial charge in [0.1, 0.15) is 0 Å². The van der Waals surface area contributed by atoms with Crippen LogP contribution in [0.4, 0.5) is 0 Å². The molecule has 1 rings (SSSR count). The van der Waals surface area contributed by atoms with Crippen molar-refractivity contribution in [2.75, 3.05) is 18.8 Å². The molecule has 2 heteroatoms. The lowest BCUT2D eigenvalue weighted by Gasteiger charge is -2.19. The van der Waals surface area contributed by atoms with Crippen LogP contribution in [-0.2, 0) is 0 Å². The van der Waals surface area contributed by atoms with E-state index in [0.717, 1.165) is 18.3 Å². The van der Waals surface area contributed by atoms with Crippen LogP contribution in [0.15, 0.2) is 0 Å². The molecule has 1 atom stereocenters. The lowest BCUT2D eigenvalue weighted by molar-refractivity contribution is 0.621. The Morgan fingerprint density at radius 1 is 1.67 bits per heavy atom. The van der Waals surface area contributed by atoms with Crippen molar-refractivity contribution in [3.8, 4) is 0 Å². The largest absolute Gasteiger partial charge is 0.240 e. The van der Waals surface area contributed by atoms with Crippen LogP contribution in [0.2, 0.25) is 0 Å². The molecule has 1 aliphatic heterocycles. The molecular weight excluding hydrogens is 130 g/mol. The molecule has 0 N–H and O–H groups in total. The van der Waals surface area contributed by atoms with Gasteiger partial charge in [0.2, 0.25) is 0 Å². The summed E-state index contributed by atoms with van der Waals surface area (Å²) < 4.78 is 0. The Bertz CT molecular complexity index is 66.6. The first kappa shape index (κ1) is 7.42. The van der Waals surface area contributed by atoms with Gasteiger partial charge in [-0.1, -0.05) is 13.3 Å². The maximum atomic E-state index is 4.36. The van der Waals surface area contributed by atoms with Gasteiger partial charge in [0.15, 0.2) is 0 Å². The summed E-state index contributed by atoms with van der Waals surface area (Å²) in [6, 6.07) is 0. The monoisotopic (exact) mass is 144 g/mol. The second-order valence-electron chi connectivity index (χ2n) is 2.41. The molecule has 0 aromatic heterocycles. The van der Waals surface area contributed by atoms with Gasteiger partial charge in [-0.3, -0.25) is 0 Å². The van der Waals surface area contributed by atoms with E-state index in [0.29, 0.717) is 0 Å². The fraction of sp³-hybridized carbons (Fsp3) is 1.00. The predicted molar refractivity (Wildman–Crippen MR) is 43.0 cm³/mol. The Labute approximate surface area is 61.6 Å². The maximum Gasteiger partial charge on any atom is 0.0253 e. The molecule has 0 aromatic rings. The number of thioether (sulfide) groups is 1. The Morgan fingerprint density at radius 2 is 2.56 bits per heavy atom. The fourth-order valence-electron chi connectivity index (χ4n) is 1.07. The molecule has 9 heavy (non-hydrogen) atoms. The van der Waals surface area contributed by atoms with E-state index in [1.54, 1.807) is 0 Å². The molecule has 1 unspecified atom stereocenters. The lowest BCUT2D eigenvalue weighted by atomic mass is 10.2. The van der Waals surface area contributed by atoms with Gasteiger partial charge in [-0.15, -0.1) is 0 Å². The van der Waals surface area contributed by atoms with Crippen LogP contribution in [-0.4, -0.2) is 24.1 Å². The van der Waals surface area contributed by atoms with Crippen LogP contribution < -0.4 is 5.32 Å². The van der Waals surface area contributed by atoms with Crippen LogP contribution in [0.1, 0.15) is 19.8 Å². The van der Waals surface area contributed by atoms with Crippen LogP contribution in [0, 0.1) is 0 Å². The number of hydrogen-bond acceptors (Lipinski definition) is 1. The molecule has 1 radical (unpaired) electrons. The zero-order chi connectivity index (χ0) is 6.53. The molecule has 1 saturated heterocycles. The Kier molecular flexibility index (Phi) is 3.44. The molecule has 0 aromatic carbocycles. The highest BCUT2D eigenvalue weighted by Gasteiger charge is 2.11. The smallest absolute Gasteiger partial charge is 0.0253 e. The zero-order valence-corrected chi connectivity index (χ0v) is 6.78. The maximum absolute atomic E-state index is 4.36. The van der Waals surface area contributed by atoms with Gasteiger partial charge in [0.05, 0.1) is 0 Å². The first-order chi connectivity index (χ1) is 4.43. The summed E-state index contributed by atoms with van der Waals surface area (Å²) in [5, 5.41) is 5.21. The van der Waals surface area contributed by atoms with Gasteiger partial charge >= 0.3 is 0 Å². The Balaban J connectivity index is 2.08. The number of rotatable bonds is 2. The molecule has 1 nitrogen and oxygen atoms in total. The molecule has 1 fully saturated rings. The minimum Gasteiger partial charge on any atom is -0.240 e. The van der Waals surface area contributed by atoms with Crippen molar-refractivity contribution in [1.82, 2.24) is 5.32 Å². The molecule has 1 heterocycles. The van der Waals surface area contributed by atoms with Crippen molar-refractivity contribution in [1.29, 1.82) is 0 Å². The summed E-state index contributed by atoms with van der Waals surface area (Å²) >= 11 is 2.09. The highest BCUT2D eigenvalue weighted by atomic mass is 32.2. The van der Waals surface area contributed by atoms with Crippen molar-refractivity contribution in [2.24, 2.45) is 0 Å². The SMILES string of the molecule is CCCC1C[N]CCS1. The first-order valence-electron chi connectivity index (χ1n) is 3.68. The molecule has 0 bridgehead atoms. The zero-order valence-electron chi connectivity index (χ0n) is 5.97. The number of nitrogens with zero attached hydrogens (tertiary/aromatic N) is 1. The minimum absolute atomic E-state index is 0.851. The average molecular weight is 144 g/mol. The van der Waals surface area contributed by atoms with Gasteiger partial charge in [0.25, 0.3) is 0 Å². The summed E-state index contributed by atoms with van der Waals surface area (Å²) in [5.74, 6) is 1.25. The first-order valence-corrected chi connectivity index (χ1v) is 4.73. The summed E-state index contributed by atoms with van der Waals surface area (Å²) in [4.78, 5) is 0. The van der Waals surface area contributed by atoms with E-state index in [4.69, 9.17) is 0 Å². The third kappa shape index (κ3) is 2.59. The highest BCUT2D eigenvalue weighted by Crippen LogP contribution is 2.18. The Hall–Kier alpha value is 0.310. The average Bonchev–Trinajstić information content (AvgIpc) is 1.91. The van der Waals surface area contributed by atoms with Gasteiger partial charge in [0, 0.05) is 24.1 Å². The topological polar surface area (TPSA) is 14.1 Å². The van der Waals surface area contributed by atoms with Crippen molar-refractivity contribution in [3.63, 3.8) is 0 Å². The molecule has 0 spiro atoms. The third-order valence-corrected chi connectivity index (χ3v) is 2.82. The van der Waals surface area contributed by atoms with E-state index in [2.05, 4.69) is 24.0 Å². The molecule has 53 valence electrons. The molecule has 1 aliphatic rings. The summed E-state index contributed by atoms with van der Waals surface area (Å²) in [7, 11) is 0. The summed E-state index contributed by atoms with van der Waals surface area (Å²) in [6.45, 7) is 4.44. The fourth-order valence-corrected chi connectivity index (χ4v) is 2.25. The molecule has 0 aliphatic carbocycles. The van der Waals surface area contributed by atoms with Crippen LogP contribution >= 0.6 is 11.8 Å². The second kappa shape index (κ2) is 4.18. The second-order valence-corrected chi connectivity index (χ2v) is 3.82. The molecule has 0 amide bonds. The van der Waals surface area contributed by atoms with Crippen LogP contribution in [0.5, 0.6) is 0 Å². The normalized spacial score (nSPS) is 28.3. The summed E-state index contributed by atoms with van der Waals surface area (Å²) in [5.41, 5.74) is 0. The standard InChI is InChI=1S/C7H14NS/c1-2-3-7-6-8-4-5-9-7/h7H,2-6H2,1H3. The van der Waals surface area contributed by atoms with Crippen molar-refractivity contribution < 1.29 is 0 Å².